The molecule has 0 spiro atoms. The molecule has 1 heterocycles. The van der Waals surface area contributed by atoms with E-state index in [1.54, 1.807) is 24.3 Å². The van der Waals surface area contributed by atoms with Crippen molar-refractivity contribution >= 4 is 23.6 Å². The van der Waals surface area contributed by atoms with Crippen LogP contribution in [0.4, 0.5) is 5.69 Å². The Hall–Kier alpha value is -3.61. The number of allylic oxidation sites excluding steroid dienone is 2. The number of ether oxygens (including phenoxy) is 2. The molecule has 0 saturated carbocycles. The van der Waals surface area contributed by atoms with E-state index in [9.17, 15) is 19.5 Å². The van der Waals surface area contributed by atoms with Gasteiger partial charge in [-0.1, -0.05) is 24.3 Å². The minimum Gasteiger partial charge on any atom is -0.478 e. The quantitative estimate of drug-likeness (QED) is 0.448. The lowest BCUT2D eigenvalue weighted by Gasteiger charge is -2.38. The topological polar surface area (TPSA) is 102 Å². The zero-order valence-electron chi connectivity index (χ0n) is 16.5. The van der Waals surface area contributed by atoms with Crippen molar-refractivity contribution in [2.24, 2.45) is 5.92 Å². The molecule has 1 aliphatic carbocycles. The Labute approximate surface area is 173 Å². The lowest BCUT2D eigenvalue weighted by atomic mass is 9.76. The number of esters is 2. The van der Waals surface area contributed by atoms with Gasteiger partial charge in [-0.2, -0.15) is 0 Å². The van der Waals surface area contributed by atoms with Crippen LogP contribution in [0.5, 0.6) is 11.5 Å². The molecule has 7 heteroatoms. The summed E-state index contributed by atoms with van der Waals surface area (Å²) in [4.78, 5) is 34.8. The number of benzene rings is 2. The van der Waals surface area contributed by atoms with Crippen molar-refractivity contribution in [3.8, 4) is 11.5 Å². The first-order valence-corrected chi connectivity index (χ1v) is 9.65. The highest BCUT2D eigenvalue weighted by molar-refractivity contribution is 5.95. The lowest BCUT2D eigenvalue weighted by Crippen LogP contribution is -2.30. The van der Waals surface area contributed by atoms with Crippen LogP contribution in [0.2, 0.25) is 0 Å². The number of carbonyl (C=O) groups is 3. The fourth-order valence-corrected chi connectivity index (χ4v) is 4.35. The van der Waals surface area contributed by atoms with E-state index >= 15 is 0 Å². The number of carbonyl (C=O) groups excluding carboxylic acids is 2. The zero-order valence-corrected chi connectivity index (χ0v) is 16.5. The fourth-order valence-electron chi connectivity index (χ4n) is 4.35. The summed E-state index contributed by atoms with van der Waals surface area (Å²) in [5.41, 5.74) is 2.41. The number of para-hydroxylation sites is 1. The number of carboxylic acids is 1. The van der Waals surface area contributed by atoms with Gasteiger partial charge in [-0.3, -0.25) is 9.59 Å². The Morgan fingerprint density at radius 3 is 2.50 bits per heavy atom. The van der Waals surface area contributed by atoms with Crippen molar-refractivity contribution < 1.29 is 29.0 Å². The number of hydrogen-bond acceptors (Lipinski definition) is 6. The molecule has 4 rings (SSSR count). The number of carboxylic acid groups (broad SMARTS) is 1. The third-order valence-corrected chi connectivity index (χ3v) is 5.46. The molecule has 0 radical (unpaired) electrons. The van der Waals surface area contributed by atoms with Crippen LogP contribution in [-0.2, 0) is 9.59 Å². The predicted octanol–water partition coefficient (Wildman–Crippen LogP) is 4.06. The molecule has 0 unspecified atom stereocenters. The second-order valence-corrected chi connectivity index (χ2v) is 7.44. The molecular formula is C23H21NO6. The van der Waals surface area contributed by atoms with Gasteiger partial charge in [0.25, 0.3) is 0 Å². The smallest absolute Gasteiger partial charge is 0.337 e. The van der Waals surface area contributed by atoms with Gasteiger partial charge in [-0.05, 0) is 36.1 Å². The summed E-state index contributed by atoms with van der Waals surface area (Å²) >= 11 is 0. The van der Waals surface area contributed by atoms with Crippen molar-refractivity contribution in [1.29, 1.82) is 0 Å². The van der Waals surface area contributed by atoms with Gasteiger partial charge in [-0.25, -0.2) is 4.79 Å². The normalized spacial score (nSPS) is 21.2. The lowest BCUT2D eigenvalue weighted by molar-refractivity contribution is -0.132. The Balaban J connectivity index is 1.81. The van der Waals surface area contributed by atoms with Crippen LogP contribution in [0.25, 0.3) is 0 Å². The molecule has 154 valence electrons. The maximum atomic E-state index is 11.8. The van der Waals surface area contributed by atoms with Gasteiger partial charge in [0.15, 0.2) is 0 Å². The Morgan fingerprint density at radius 1 is 1.03 bits per heavy atom. The van der Waals surface area contributed by atoms with E-state index in [0.717, 1.165) is 12.0 Å². The molecule has 3 atom stereocenters. The van der Waals surface area contributed by atoms with E-state index in [1.807, 2.05) is 6.07 Å². The second-order valence-electron chi connectivity index (χ2n) is 7.44. The number of nitrogens with one attached hydrogen (secondary N) is 1. The van der Waals surface area contributed by atoms with Gasteiger partial charge in [-0.15, -0.1) is 0 Å². The van der Waals surface area contributed by atoms with E-state index in [-0.39, 0.29) is 34.9 Å². The number of fused-ring (bicyclic) bond motifs is 3. The first-order chi connectivity index (χ1) is 14.3. The molecule has 0 saturated heterocycles. The van der Waals surface area contributed by atoms with Crippen molar-refractivity contribution in [2.45, 2.75) is 32.2 Å². The molecule has 2 N–H and O–H groups in total. The molecule has 2 aromatic rings. The molecular weight excluding hydrogens is 386 g/mol. The van der Waals surface area contributed by atoms with Crippen molar-refractivity contribution in [3.63, 3.8) is 0 Å². The summed E-state index contributed by atoms with van der Waals surface area (Å²) in [7, 11) is 0. The van der Waals surface area contributed by atoms with Gasteiger partial charge in [0.2, 0.25) is 0 Å². The maximum absolute atomic E-state index is 11.8. The molecule has 2 aliphatic rings. The van der Waals surface area contributed by atoms with E-state index in [4.69, 9.17) is 9.47 Å². The summed E-state index contributed by atoms with van der Waals surface area (Å²) < 4.78 is 10.6. The highest BCUT2D eigenvalue weighted by Gasteiger charge is 2.40. The summed E-state index contributed by atoms with van der Waals surface area (Å²) in [5.74, 6) is -1.28. The van der Waals surface area contributed by atoms with Gasteiger partial charge in [0.1, 0.15) is 11.5 Å². The van der Waals surface area contributed by atoms with Crippen LogP contribution in [-0.4, -0.2) is 23.0 Å². The zero-order chi connectivity index (χ0) is 21.4. The third-order valence-electron chi connectivity index (χ3n) is 5.46. The molecule has 2 aromatic carbocycles. The highest BCUT2D eigenvalue weighted by atomic mass is 16.5. The Morgan fingerprint density at radius 2 is 1.80 bits per heavy atom. The monoisotopic (exact) mass is 407 g/mol. The molecule has 1 aliphatic heterocycles. The third kappa shape index (κ3) is 3.54. The molecule has 0 amide bonds. The van der Waals surface area contributed by atoms with Crippen molar-refractivity contribution in [1.82, 2.24) is 0 Å². The van der Waals surface area contributed by atoms with E-state index in [1.165, 1.54) is 19.9 Å². The van der Waals surface area contributed by atoms with E-state index in [0.29, 0.717) is 11.3 Å². The van der Waals surface area contributed by atoms with Gasteiger partial charge < -0.3 is 19.9 Å². The van der Waals surface area contributed by atoms with Crippen LogP contribution in [0, 0.1) is 5.92 Å². The van der Waals surface area contributed by atoms with Crippen LogP contribution < -0.4 is 14.8 Å². The van der Waals surface area contributed by atoms with Gasteiger partial charge >= 0.3 is 17.9 Å². The molecule has 0 fully saturated rings. The predicted molar refractivity (Wildman–Crippen MR) is 109 cm³/mol. The van der Waals surface area contributed by atoms with Gasteiger partial charge in [0.05, 0.1) is 17.3 Å². The average molecular weight is 407 g/mol. The Kier molecular flexibility index (Phi) is 5.03. The average Bonchev–Trinajstić information content (AvgIpc) is 3.16. The SMILES string of the molecule is CC(=O)Oc1ccc([C@@H]2Nc3c(C(=O)O)cccc3[C@@H]3C=CC[C@H]32)c(OC(C)=O)c1. The molecule has 30 heavy (non-hydrogen) atoms. The first kappa shape index (κ1) is 19.7. The highest BCUT2D eigenvalue weighted by Crippen LogP contribution is 2.52. The van der Waals surface area contributed by atoms with Crippen LogP contribution in [0.3, 0.4) is 0 Å². The number of hydrogen-bond donors (Lipinski definition) is 2. The molecule has 0 aromatic heterocycles. The maximum Gasteiger partial charge on any atom is 0.337 e. The van der Waals surface area contributed by atoms with Crippen LogP contribution in [0.15, 0.2) is 48.6 Å². The van der Waals surface area contributed by atoms with E-state index < -0.39 is 17.9 Å². The molecule has 7 nitrogen and oxygen atoms in total. The van der Waals surface area contributed by atoms with Crippen LogP contribution in [0.1, 0.15) is 53.7 Å². The first-order valence-electron chi connectivity index (χ1n) is 9.65. The standard InChI is InChI=1S/C23H21NO6/c1-12(25)29-14-9-10-18(20(11-14)30-13(2)26)21-16-6-3-5-15(16)17-7-4-8-19(23(27)28)22(17)24-21/h3-5,7-11,15-16,21,24H,6H2,1-2H3,(H,27,28)/t15-,16-,21-/m1/s1. The summed E-state index contributed by atoms with van der Waals surface area (Å²) in [6.07, 6.45) is 4.98. The van der Waals surface area contributed by atoms with Crippen LogP contribution >= 0.6 is 0 Å². The summed E-state index contributed by atoms with van der Waals surface area (Å²) in [6.45, 7) is 2.59. The van der Waals surface area contributed by atoms with Gasteiger partial charge in [0, 0.05) is 31.4 Å². The van der Waals surface area contributed by atoms with E-state index in [2.05, 4.69) is 17.5 Å². The molecule has 0 bridgehead atoms. The number of rotatable bonds is 4. The number of aromatic carboxylic acids is 1. The summed E-state index contributed by atoms with van der Waals surface area (Å²) in [5, 5.41) is 13.0. The summed E-state index contributed by atoms with van der Waals surface area (Å²) in [6, 6.07) is 9.87. The minimum absolute atomic E-state index is 0.0453. The fraction of sp³-hybridized carbons (Fsp3) is 0.261. The Bertz CT molecular complexity index is 1070. The second kappa shape index (κ2) is 7.67. The largest absolute Gasteiger partial charge is 0.478 e. The van der Waals surface area contributed by atoms with Crippen molar-refractivity contribution in [3.05, 3.63) is 65.2 Å². The number of anilines is 1. The van der Waals surface area contributed by atoms with Crippen molar-refractivity contribution in [2.75, 3.05) is 5.32 Å². The minimum atomic E-state index is -1.01.